The molecule has 3 unspecified atom stereocenters. The van der Waals surface area contributed by atoms with Gasteiger partial charge in [0, 0.05) is 25.6 Å². The lowest BCUT2D eigenvalue weighted by atomic mass is 10.1. The van der Waals surface area contributed by atoms with Gasteiger partial charge in [-0.1, -0.05) is 23.7 Å². The number of aliphatic hydroxyl groups is 1. The average molecular weight is 494 g/mol. The van der Waals surface area contributed by atoms with Crippen molar-refractivity contribution < 1.29 is 9.63 Å². The van der Waals surface area contributed by atoms with Gasteiger partial charge in [0.15, 0.2) is 0 Å². The molecule has 1 saturated heterocycles. The highest BCUT2D eigenvalue weighted by Crippen LogP contribution is 2.46. The first kappa shape index (κ1) is 22.2. The molecule has 6 rings (SSSR count). The molecule has 4 heterocycles. The van der Waals surface area contributed by atoms with Crippen molar-refractivity contribution in [1.82, 2.24) is 29.0 Å². The number of hydrogen-bond acceptors (Lipinski definition) is 8. The molecule has 1 aliphatic carbocycles. The lowest BCUT2D eigenvalue weighted by Gasteiger charge is -2.30. The average Bonchev–Trinajstić information content (AvgIpc) is 3.23. The number of likely N-dealkylation sites (tertiary alicyclic amines) is 1. The Morgan fingerprint density at radius 1 is 1.31 bits per heavy atom. The Balaban J connectivity index is 1.51. The van der Waals surface area contributed by atoms with Crippen LogP contribution < -0.4 is 5.56 Å². The number of benzene rings is 1. The zero-order chi connectivity index (χ0) is 24.3. The van der Waals surface area contributed by atoms with Crippen molar-refractivity contribution in [3.05, 3.63) is 45.3 Å². The van der Waals surface area contributed by atoms with Gasteiger partial charge in [0.2, 0.25) is 11.7 Å². The highest BCUT2D eigenvalue weighted by Gasteiger charge is 2.39. The summed E-state index contributed by atoms with van der Waals surface area (Å²) in [6.45, 7) is 4.42. The van der Waals surface area contributed by atoms with E-state index in [0.717, 1.165) is 25.8 Å². The van der Waals surface area contributed by atoms with Crippen LogP contribution in [0.15, 0.2) is 27.8 Å². The van der Waals surface area contributed by atoms with Crippen molar-refractivity contribution in [2.75, 3.05) is 19.6 Å². The van der Waals surface area contributed by atoms with Gasteiger partial charge >= 0.3 is 0 Å². The van der Waals surface area contributed by atoms with E-state index in [4.69, 9.17) is 16.1 Å². The fourth-order valence-electron chi connectivity index (χ4n) is 5.10. The van der Waals surface area contributed by atoms with Gasteiger partial charge in [-0.15, -0.1) is 0 Å². The van der Waals surface area contributed by atoms with Crippen LogP contribution in [0.25, 0.3) is 28.1 Å². The number of hydrogen-bond donors (Lipinski definition) is 1. The predicted molar refractivity (Wildman–Crippen MR) is 128 cm³/mol. The molecule has 10 nitrogen and oxygen atoms in total. The molecule has 1 aliphatic heterocycles. The second-order valence-electron chi connectivity index (χ2n) is 9.54. The summed E-state index contributed by atoms with van der Waals surface area (Å²) in [5.74, 6) is 1.60. The molecular weight excluding hydrogens is 470 g/mol. The molecule has 1 aromatic carbocycles. The zero-order valence-electron chi connectivity index (χ0n) is 19.2. The molecule has 1 saturated carbocycles. The maximum Gasteiger partial charge on any atom is 0.277 e. The second-order valence-corrected chi connectivity index (χ2v) is 9.95. The van der Waals surface area contributed by atoms with E-state index in [1.165, 1.54) is 0 Å². The molecule has 0 bridgehead atoms. The summed E-state index contributed by atoms with van der Waals surface area (Å²) >= 11 is 6.36. The standard InChI is InChI=1S/C24H24ClN7O3/c1-13-9-15(13)23-28-22(29-35-23)19-21-24(34)31(8-7-30-6-2-3-14(33)11-30)20-16(10-26)17(25)4-5-18(20)32(21)12-27-19/h4-5,12-15,33H,2-3,6-9,11H2,1H3. The summed E-state index contributed by atoms with van der Waals surface area (Å²) in [5.41, 5.74) is 1.68. The van der Waals surface area contributed by atoms with E-state index in [1.54, 1.807) is 27.4 Å². The summed E-state index contributed by atoms with van der Waals surface area (Å²) in [5, 5.41) is 24.3. The Morgan fingerprint density at radius 3 is 2.89 bits per heavy atom. The van der Waals surface area contributed by atoms with Gasteiger partial charge in [-0.05, 0) is 43.9 Å². The third-order valence-corrected chi connectivity index (χ3v) is 7.48. The normalized spacial score (nSPS) is 22.6. The number of nitrogens with zero attached hydrogens (tertiary/aromatic N) is 7. The minimum absolute atomic E-state index is 0.238. The number of fused-ring (bicyclic) bond motifs is 3. The highest BCUT2D eigenvalue weighted by molar-refractivity contribution is 6.32. The van der Waals surface area contributed by atoms with Crippen molar-refractivity contribution >= 4 is 28.2 Å². The van der Waals surface area contributed by atoms with E-state index >= 15 is 0 Å². The molecule has 2 fully saturated rings. The molecule has 0 spiro atoms. The van der Waals surface area contributed by atoms with E-state index in [0.29, 0.717) is 53.7 Å². The first-order valence-electron chi connectivity index (χ1n) is 11.8. The summed E-state index contributed by atoms with van der Waals surface area (Å²) in [4.78, 5) is 25.0. The van der Waals surface area contributed by atoms with Crippen LogP contribution in [-0.4, -0.2) is 59.8 Å². The minimum atomic E-state index is -0.369. The van der Waals surface area contributed by atoms with Crippen molar-refractivity contribution in [3.63, 3.8) is 0 Å². The number of nitriles is 1. The van der Waals surface area contributed by atoms with Crippen LogP contribution in [-0.2, 0) is 6.54 Å². The van der Waals surface area contributed by atoms with Crippen molar-refractivity contribution in [1.29, 1.82) is 5.26 Å². The van der Waals surface area contributed by atoms with Gasteiger partial charge in [0.25, 0.3) is 5.56 Å². The monoisotopic (exact) mass is 493 g/mol. The maximum absolute atomic E-state index is 13.9. The number of aromatic nitrogens is 5. The third-order valence-electron chi connectivity index (χ3n) is 7.16. The quantitative estimate of drug-likeness (QED) is 0.450. The zero-order valence-corrected chi connectivity index (χ0v) is 19.9. The number of piperidine rings is 1. The second kappa shape index (κ2) is 8.45. The number of aliphatic hydroxyl groups excluding tert-OH is 1. The molecule has 1 N–H and O–H groups in total. The van der Waals surface area contributed by atoms with Crippen LogP contribution in [0.2, 0.25) is 5.02 Å². The third kappa shape index (κ3) is 3.71. The Morgan fingerprint density at radius 2 is 2.14 bits per heavy atom. The van der Waals surface area contributed by atoms with E-state index < -0.39 is 0 Å². The molecule has 2 aliphatic rings. The number of β-amino-alcohol motifs (C(OH)–C–C–N with tert-alkyl or cyclic N) is 1. The van der Waals surface area contributed by atoms with Gasteiger partial charge < -0.3 is 14.2 Å². The van der Waals surface area contributed by atoms with Crippen molar-refractivity contribution in [2.45, 2.75) is 44.8 Å². The molecule has 3 atom stereocenters. The van der Waals surface area contributed by atoms with Crippen LogP contribution >= 0.6 is 11.6 Å². The molecular formula is C24H24ClN7O3. The molecule has 35 heavy (non-hydrogen) atoms. The maximum atomic E-state index is 13.9. The van der Waals surface area contributed by atoms with E-state index in [1.807, 2.05) is 0 Å². The first-order chi connectivity index (χ1) is 17.0. The number of halogens is 1. The van der Waals surface area contributed by atoms with E-state index in [-0.39, 0.29) is 34.0 Å². The minimum Gasteiger partial charge on any atom is -0.392 e. The van der Waals surface area contributed by atoms with Crippen LogP contribution in [0.4, 0.5) is 0 Å². The predicted octanol–water partition coefficient (Wildman–Crippen LogP) is 2.80. The molecule has 0 amide bonds. The number of rotatable bonds is 5. The van der Waals surface area contributed by atoms with Gasteiger partial charge in [0.05, 0.1) is 27.7 Å². The van der Waals surface area contributed by atoms with Crippen LogP contribution in [0.3, 0.4) is 0 Å². The van der Waals surface area contributed by atoms with Gasteiger partial charge in [-0.25, -0.2) is 4.98 Å². The Labute approximate surface area is 205 Å². The molecule has 4 aromatic rings. The summed E-state index contributed by atoms with van der Waals surface area (Å²) in [7, 11) is 0. The molecule has 0 radical (unpaired) electrons. The smallest absolute Gasteiger partial charge is 0.277 e. The largest absolute Gasteiger partial charge is 0.392 e. The molecule has 180 valence electrons. The Kier molecular flexibility index (Phi) is 5.36. The van der Waals surface area contributed by atoms with Gasteiger partial charge in [0.1, 0.15) is 23.6 Å². The fourth-order valence-corrected chi connectivity index (χ4v) is 5.29. The fraction of sp³-hybridized carbons (Fsp3) is 0.458. The molecule has 11 heteroatoms. The van der Waals surface area contributed by atoms with Crippen LogP contribution in [0, 0.1) is 17.2 Å². The lowest BCUT2D eigenvalue weighted by Crippen LogP contribution is -2.41. The summed E-state index contributed by atoms with van der Waals surface area (Å²) in [6, 6.07) is 5.60. The Bertz CT molecular complexity index is 1550. The van der Waals surface area contributed by atoms with E-state index in [9.17, 15) is 15.2 Å². The SMILES string of the molecule is CC1CC1c1nc(-c2ncn3c2c(=O)n(CCN2CCCC(O)C2)c2c(C#N)c(Cl)ccc23)no1. The van der Waals surface area contributed by atoms with Crippen LogP contribution in [0.5, 0.6) is 0 Å². The summed E-state index contributed by atoms with van der Waals surface area (Å²) < 4.78 is 8.72. The topological polar surface area (TPSA) is 125 Å². The van der Waals surface area contributed by atoms with E-state index in [2.05, 4.69) is 33.0 Å². The lowest BCUT2D eigenvalue weighted by molar-refractivity contribution is 0.0690. The van der Waals surface area contributed by atoms with Crippen molar-refractivity contribution in [2.24, 2.45) is 5.92 Å². The molecule has 3 aromatic heterocycles. The first-order valence-corrected chi connectivity index (χ1v) is 12.2. The number of imidazole rings is 1. The highest BCUT2D eigenvalue weighted by atomic mass is 35.5. The van der Waals surface area contributed by atoms with Gasteiger partial charge in [-0.2, -0.15) is 10.2 Å². The summed E-state index contributed by atoms with van der Waals surface area (Å²) in [6.07, 6.45) is 3.87. The van der Waals surface area contributed by atoms with Gasteiger partial charge in [-0.3, -0.25) is 14.1 Å². The van der Waals surface area contributed by atoms with Crippen molar-refractivity contribution in [3.8, 4) is 17.6 Å². The Hall–Kier alpha value is -3.26. The van der Waals surface area contributed by atoms with Crippen LogP contribution in [0.1, 0.15) is 43.6 Å².